The molecule has 0 amide bonds. The fourth-order valence-corrected chi connectivity index (χ4v) is 1.98. The van der Waals surface area contributed by atoms with E-state index in [-0.39, 0.29) is 17.9 Å². The molecule has 130 valence electrons. The van der Waals surface area contributed by atoms with E-state index in [0.717, 1.165) is 6.42 Å². The largest absolute Gasteiger partial charge is 0.420 e. The Labute approximate surface area is 133 Å². The Kier molecular flexibility index (Phi) is 5.83. The minimum atomic E-state index is -1.72. The lowest BCUT2D eigenvalue weighted by Crippen LogP contribution is -2.23. The van der Waals surface area contributed by atoms with E-state index in [2.05, 4.69) is 25.5 Å². The zero-order chi connectivity index (χ0) is 18.0. The van der Waals surface area contributed by atoms with Gasteiger partial charge < -0.3 is 4.74 Å². The molecular formula is C17H22F4O2. The number of carbonyl (C=O) groups is 1. The van der Waals surface area contributed by atoms with Crippen LogP contribution >= 0.6 is 0 Å². The van der Waals surface area contributed by atoms with Crippen molar-refractivity contribution in [3.8, 4) is 5.75 Å². The molecule has 0 atom stereocenters. The van der Waals surface area contributed by atoms with E-state index in [1.165, 1.54) is 0 Å². The molecule has 2 nitrogen and oxygen atoms in total. The zero-order valence-electron chi connectivity index (χ0n) is 14.0. The SMILES string of the molecule is CC(C)(C)CCC(C)(C)CC(=O)Oc1c(F)c(F)cc(F)c1F. The van der Waals surface area contributed by atoms with Crippen LogP contribution in [0.2, 0.25) is 0 Å². The highest BCUT2D eigenvalue weighted by Gasteiger charge is 2.28. The van der Waals surface area contributed by atoms with Gasteiger partial charge in [-0.25, -0.2) is 8.78 Å². The molecule has 0 aliphatic carbocycles. The highest BCUT2D eigenvalue weighted by molar-refractivity contribution is 5.73. The first-order valence-electron chi connectivity index (χ1n) is 7.36. The summed E-state index contributed by atoms with van der Waals surface area (Å²) < 4.78 is 57.7. The zero-order valence-corrected chi connectivity index (χ0v) is 14.0. The first-order chi connectivity index (χ1) is 10.3. The average Bonchev–Trinajstić information content (AvgIpc) is 2.38. The van der Waals surface area contributed by atoms with E-state index in [0.29, 0.717) is 6.42 Å². The van der Waals surface area contributed by atoms with Crippen LogP contribution in [0.1, 0.15) is 53.9 Å². The van der Waals surface area contributed by atoms with Gasteiger partial charge in [0.1, 0.15) is 0 Å². The summed E-state index contributed by atoms with van der Waals surface area (Å²) in [7, 11) is 0. The maximum Gasteiger partial charge on any atom is 0.311 e. The van der Waals surface area contributed by atoms with Crippen LogP contribution in [0, 0.1) is 34.1 Å². The van der Waals surface area contributed by atoms with E-state index < -0.39 is 40.4 Å². The normalized spacial score (nSPS) is 12.4. The predicted octanol–water partition coefficient (Wildman–Crippen LogP) is 5.39. The number of hydrogen-bond acceptors (Lipinski definition) is 2. The molecule has 6 heteroatoms. The quantitative estimate of drug-likeness (QED) is 0.312. The van der Waals surface area contributed by atoms with Crippen LogP contribution in [-0.4, -0.2) is 5.97 Å². The van der Waals surface area contributed by atoms with Crippen molar-refractivity contribution in [2.45, 2.75) is 53.9 Å². The number of halogens is 4. The number of esters is 1. The van der Waals surface area contributed by atoms with Gasteiger partial charge in [0.05, 0.1) is 6.42 Å². The molecule has 0 fully saturated rings. The van der Waals surface area contributed by atoms with Gasteiger partial charge in [0, 0.05) is 6.07 Å². The molecule has 0 aliphatic heterocycles. The number of carbonyl (C=O) groups excluding carboxylic acids is 1. The second-order valence-corrected chi connectivity index (χ2v) is 7.67. The summed E-state index contributed by atoms with van der Waals surface area (Å²) in [5.74, 6) is -8.93. The summed E-state index contributed by atoms with van der Waals surface area (Å²) in [6, 6.07) is 0.0648. The molecule has 0 radical (unpaired) electrons. The molecule has 1 aromatic rings. The molecule has 0 saturated heterocycles. The van der Waals surface area contributed by atoms with Gasteiger partial charge in [0.2, 0.25) is 17.4 Å². The van der Waals surface area contributed by atoms with Gasteiger partial charge in [-0.15, -0.1) is 0 Å². The van der Waals surface area contributed by atoms with Gasteiger partial charge >= 0.3 is 5.97 Å². The predicted molar refractivity (Wildman–Crippen MR) is 79.0 cm³/mol. The maximum absolute atomic E-state index is 13.5. The number of benzene rings is 1. The van der Waals surface area contributed by atoms with Gasteiger partial charge in [-0.1, -0.05) is 34.6 Å². The smallest absolute Gasteiger partial charge is 0.311 e. The van der Waals surface area contributed by atoms with E-state index in [1.807, 2.05) is 13.8 Å². The van der Waals surface area contributed by atoms with Gasteiger partial charge in [0.15, 0.2) is 11.6 Å². The van der Waals surface area contributed by atoms with Crippen molar-refractivity contribution in [3.05, 3.63) is 29.3 Å². The van der Waals surface area contributed by atoms with Crippen molar-refractivity contribution in [2.24, 2.45) is 10.8 Å². The summed E-state index contributed by atoms with van der Waals surface area (Å²) in [6.07, 6.45) is 1.40. The molecule has 1 aromatic carbocycles. The van der Waals surface area contributed by atoms with Gasteiger partial charge in [0.25, 0.3) is 0 Å². The van der Waals surface area contributed by atoms with Gasteiger partial charge in [-0.2, -0.15) is 8.78 Å². The van der Waals surface area contributed by atoms with Gasteiger partial charge in [-0.3, -0.25) is 4.79 Å². The molecule has 0 N–H and O–H groups in total. The van der Waals surface area contributed by atoms with Crippen molar-refractivity contribution >= 4 is 5.97 Å². The summed E-state index contributed by atoms with van der Waals surface area (Å²) in [5, 5.41) is 0. The molecule has 0 saturated carbocycles. The monoisotopic (exact) mass is 334 g/mol. The fourth-order valence-electron chi connectivity index (χ4n) is 1.98. The van der Waals surface area contributed by atoms with Crippen molar-refractivity contribution in [1.82, 2.24) is 0 Å². The summed E-state index contributed by atoms with van der Waals surface area (Å²) in [5.41, 5.74) is -0.395. The second-order valence-electron chi connectivity index (χ2n) is 7.67. The molecule has 1 rings (SSSR count). The van der Waals surface area contributed by atoms with Crippen molar-refractivity contribution < 1.29 is 27.1 Å². The lowest BCUT2D eigenvalue weighted by atomic mass is 9.78. The van der Waals surface area contributed by atoms with E-state index in [9.17, 15) is 22.4 Å². The number of rotatable bonds is 5. The van der Waals surface area contributed by atoms with E-state index >= 15 is 0 Å². The minimum Gasteiger partial charge on any atom is -0.420 e. The average molecular weight is 334 g/mol. The molecule has 0 aliphatic rings. The van der Waals surface area contributed by atoms with Crippen LogP contribution in [0.4, 0.5) is 17.6 Å². The number of ether oxygens (including phenoxy) is 1. The Balaban J connectivity index is 2.81. The fraction of sp³-hybridized carbons (Fsp3) is 0.588. The molecule has 0 heterocycles. The van der Waals surface area contributed by atoms with Crippen molar-refractivity contribution in [3.63, 3.8) is 0 Å². The minimum absolute atomic E-state index is 0.0648. The Morgan fingerprint density at radius 1 is 0.957 bits per heavy atom. The standard InChI is InChI=1S/C17H22F4O2/c1-16(2,3)6-7-17(4,5)9-12(22)23-15-13(20)10(18)8-11(19)14(15)21/h8H,6-7,9H2,1-5H3. The Morgan fingerprint density at radius 3 is 1.87 bits per heavy atom. The molecule has 0 unspecified atom stereocenters. The number of hydrogen-bond donors (Lipinski definition) is 0. The first kappa shape index (κ1) is 19.5. The molecule has 0 bridgehead atoms. The third kappa shape index (κ3) is 5.84. The molecule has 0 spiro atoms. The Hall–Kier alpha value is -1.59. The third-order valence-electron chi connectivity index (χ3n) is 3.46. The van der Waals surface area contributed by atoms with Crippen LogP contribution in [0.15, 0.2) is 6.07 Å². The molecular weight excluding hydrogens is 312 g/mol. The van der Waals surface area contributed by atoms with Crippen LogP contribution in [0.3, 0.4) is 0 Å². The Morgan fingerprint density at radius 2 is 1.43 bits per heavy atom. The van der Waals surface area contributed by atoms with E-state index in [1.54, 1.807) is 0 Å². The van der Waals surface area contributed by atoms with Crippen LogP contribution in [-0.2, 0) is 4.79 Å². The Bertz CT molecular complexity index is 563. The maximum atomic E-state index is 13.5. The van der Waals surface area contributed by atoms with Crippen LogP contribution < -0.4 is 4.74 Å². The van der Waals surface area contributed by atoms with Crippen molar-refractivity contribution in [2.75, 3.05) is 0 Å². The summed E-state index contributed by atoms with van der Waals surface area (Å²) >= 11 is 0. The highest BCUT2D eigenvalue weighted by atomic mass is 19.2. The van der Waals surface area contributed by atoms with E-state index in [4.69, 9.17) is 0 Å². The first-order valence-corrected chi connectivity index (χ1v) is 7.36. The summed E-state index contributed by atoms with van der Waals surface area (Å²) in [6.45, 7) is 9.81. The highest BCUT2D eigenvalue weighted by Crippen LogP contribution is 2.34. The third-order valence-corrected chi connectivity index (χ3v) is 3.46. The second kappa shape index (κ2) is 6.89. The lowest BCUT2D eigenvalue weighted by molar-refractivity contribution is -0.137. The van der Waals surface area contributed by atoms with Crippen LogP contribution in [0.5, 0.6) is 5.75 Å². The molecule has 0 aromatic heterocycles. The molecule has 23 heavy (non-hydrogen) atoms. The topological polar surface area (TPSA) is 26.3 Å². The van der Waals surface area contributed by atoms with Crippen LogP contribution in [0.25, 0.3) is 0 Å². The van der Waals surface area contributed by atoms with Crippen molar-refractivity contribution in [1.29, 1.82) is 0 Å². The summed E-state index contributed by atoms with van der Waals surface area (Å²) in [4.78, 5) is 11.9. The van der Waals surface area contributed by atoms with Gasteiger partial charge in [-0.05, 0) is 23.7 Å². The lowest BCUT2D eigenvalue weighted by Gasteiger charge is -2.28.